The van der Waals surface area contributed by atoms with Gasteiger partial charge in [0.05, 0.1) is 12.2 Å². The van der Waals surface area contributed by atoms with Gasteiger partial charge in [-0.2, -0.15) is 11.8 Å². The maximum atomic E-state index is 11.6. The number of ether oxygens (including phenoxy) is 1. The summed E-state index contributed by atoms with van der Waals surface area (Å²) in [5.74, 6) is 2.99. The van der Waals surface area contributed by atoms with E-state index in [0.29, 0.717) is 12.2 Å². The molecule has 1 unspecified atom stereocenters. The molecule has 0 aromatic heterocycles. The molecule has 1 aromatic rings. The molecule has 0 aliphatic carbocycles. The summed E-state index contributed by atoms with van der Waals surface area (Å²) in [7, 11) is 0. The fraction of sp³-hybridized carbons (Fsp3) is 0.500. The zero-order valence-corrected chi connectivity index (χ0v) is 13.4. The van der Waals surface area contributed by atoms with E-state index in [2.05, 4.69) is 21.2 Å². The number of thioether (sulfide) groups is 1. The van der Waals surface area contributed by atoms with Gasteiger partial charge in [-0.3, -0.25) is 0 Å². The van der Waals surface area contributed by atoms with Gasteiger partial charge < -0.3 is 10.1 Å². The maximum absolute atomic E-state index is 11.6. The second kappa shape index (κ2) is 7.20. The Morgan fingerprint density at radius 1 is 1.58 bits per heavy atom. The van der Waals surface area contributed by atoms with Gasteiger partial charge in [-0.25, -0.2) is 4.79 Å². The zero-order valence-electron chi connectivity index (χ0n) is 10.9. The Bertz CT molecular complexity index is 447. The molecular formula is C14H18BrNO2S. The molecule has 0 amide bonds. The zero-order chi connectivity index (χ0) is 13.7. The molecule has 1 N–H and O–H groups in total. The third-order valence-electron chi connectivity index (χ3n) is 3.09. The quantitative estimate of drug-likeness (QED) is 0.825. The molecule has 0 radical (unpaired) electrons. The number of benzene rings is 1. The predicted molar refractivity (Wildman–Crippen MR) is 84.0 cm³/mol. The normalized spacial score (nSPS) is 18.3. The topological polar surface area (TPSA) is 38.3 Å². The lowest BCUT2D eigenvalue weighted by Gasteiger charge is -2.13. The Kier molecular flexibility index (Phi) is 5.58. The van der Waals surface area contributed by atoms with Crippen molar-refractivity contribution in [1.82, 2.24) is 0 Å². The second-order valence-electron chi connectivity index (χ2n) is 4.53. The van der Waals surface area contributed by atoms with Crippen molar-refractivity contribution >= 4 is 39.3 Å². The third kappa shape index (κ3) is 4.14. The number of esters is 1. The summed E-state index contributed by atoms with van der Waals surface area (Å²) in [5.41, 5.74) is 1.61. The maximum Gasteiger partial charge on any atom is 0.338 e. The average molecular weight is 344 g/mol. The van der Waals surface area contributed by atoms with Crippen LogP contribution in [0.15, 0.2) is 22.7 Å². The number of rotatable bonds is 5. The van der Waals surface area contributed by atoms with Gasteiger partial charge in [0, 0.05) is 16.7 Å². The molecule has 1 aromatic carbocycles. The standard InChI is InChI=1S/C14H18BrNO2S/c1-2-18-14(17)11-3-4-13(12(15)7-11)16-8-10-5-6-19-9-10/h3-4,7,10,16H,2,5-6,8-9H2,1H3. The van der Waals surface area contributed by atoms with Crippen LogP contribution >= 0.6 is 27.7 Å². The summed E-state index contributed by atoms with van der Waals surface area (Å²) >= 11 is 5.52. The Hall–Kier alpha value is -0.680. The van der Waals surface area contributed by atoms with E-state index < -0.39 is 0 Å². The molecule has 3 nitrogen and oxygen atoms in total. The lowest BCUT2D eigenvalue weighted by atomic mass is 10.1. The van der Waals surface area contributed by atoms with Gasteiger partial charge in [-0.05, 0) is 64.9 Å². The van der Waals surface area contributed by atoms with Crippen molar-refractivity contribution in [2.45, 2.75) is 13.3 Å². The minimum Gasteiger partial charge on any atom is -0.462 e. The lowest BCUT2D eigenvalue weighted by molar-refractivity contribution is 0.0526. The molecule has 2 rings (SSSR count). The molecule has 1 aliphatic heterocycles. The smallest absolute Gasteiger partial charge is 0.338 e. The number of nitrogens with one attached hydrogen (secondary N) is 1. The molecule has 1 atom stereocenters. The Labute approximate surface area is 126 Å². The monoisotopic (exact) mass is 343 g/mol. The number of carbonyl (C=O) groups is 1. The van der Waals surface area contributed by atoms with Crippen molar-refractivity contribution in [2.24, 2.45) is 5.92 Å². The number of anilines is 1. The van der Waals surface area contributed by atoms with Crippen LogP contribution in [0.1, 0.15) is 23.7 Å². The van der Waals surface area contributed by atoms with Crippen LogP contribution in [0.3, 0.4) is 0 Å². The Morgan fingerprint density at radius 3 is 3.05 bits per heavy atom. The summed E-state index contributed by atoms with van der Waals surface area (Å²) in [4.78, 5) is 11.6. The second-order valence-corrected chi connectivity index (χ2v) is 6.53. The van der Waals surface area contributed by atoms with Crippen molar-refractivity contribution in [3.63, 3.8) is 0 Å². The molecule has 0 saturated carbocycles. The van der Waals surface area contributed by atoms with Crippen molar-refractivity contribution in [3.05, 3.63) is 28.2 Å². The molecule has 104 valence electrons. The van der Waals surface area contributed by atoms with Crippen molar-refractivity contribution in [3.8, 4) is 0 Å². The Morgan fingerprint density at radius 2 is 2.42 bits per heavy atom. The van der Waals surface area contributed by atoms with Gasteiger partial charge in [0.1, 0.15) is 0 Å². The van der Waals surface area contributed by atoms with E-state index in [1.807, 2.05) is 30.8 Å². The third-order valence-corrected chi connectivity index (χ3v) is 4.97. The summed E-state index contributed by atoms with van der Waals surface area (Å²) in [6.45, 7) is 3.20. The first-order chi connectivity index (χ1) is 9.20. The molecule has 1 fully saturated rings. The molecule has 0 spiro atoms. The van der Waals surface area contributed by atoms with Crippen LogP contribution in [0.25, 0.3) is 0 Å². The van der Waals surface area contributed by atoms with Crippen LogP contribution in [0.2, 0.25) is 0 Å². The minimum absolute atomic E-state index is 0.276. The highest BCUT2D eigenvalue weighted by Crippen LogP contribution is 2.27. The highest BCUT2D eigenvalue weighted by Gasteiger charge is 2.15. The van der Waals surface area contributed by atoms with Crippen LogP contribution < -0.4 is 5.32 Å². The van der Waals surface area contributed by atoms with E-state index in [1.54, 1.807) is 6.07 Å². The highest BCUT2D eigenvalue weighted by atomic mass is 79.9. The van der Waals surface area contributed by atoms with Gasteiger partial charge in [0.25, 0.3) is 0 Å². The first-order valence-electron chi connectivity index (χ1n) is 6.49. The molecule has 1 saturated heterocycles. The minimum atomic E-state index is -0.276. The number of hydrogen-bond acceptors (Lipinski definition) is 4. The van der Waals surface area contributed by atoms with Crippen molar-refractivity contribution < 1.29 is 9.53 Å². The number of hydrogen-bond donors (Lipinski definition) is 1. The van der Waals surface area contributed by atoms with E-state index in [-0.39, 0.29) is 5.97 Å². The van der Waals surface area contributed by atoms with Gasteiger partial charge in [-0.1, -0.05) is 0 Å². The SMILES string of the molecule is CCOC(=O)c1ccc(NCC2CCSC2)c(Br)c1. The molecule has 19 heavy (non-hydrogen) atoms. The van der Waals surface area contributed by atoms with E-state index in [4.69, 9.17) is 4.74 Å². The molecule has 0 bridgehead atoms. The fourth-order valence-corrected chi connectivity index (χ4v) is 3.80. The summed E-state index contributed by atoms with van der Waals surface area (Å²) in [6, 6.07) is 5.54. The van der Waals surface area contributed by atoms with Crippen LogP contribution in [-0.2, 0) is 4.74 Å². The molecule has 5 heteroatoms. The Balaban J connectivity index is 1.96. The van der Waals surface area contributed by atoms with Crippen LogP contribution in [-0.4, -0.2) is 30.6 Å². The van der Waals surface area contributed by atoms with E-state index >= 15 is 0 Å². The largest absolute Gasteiger partial charge is 0.462 e. The highest BCUT2D eigenvalue weighted by molar-refractivity contribution is 9.10. The first kappa shape index (κ1) is 14.7. The van der Waals surface area contributed by atoms with Gasteiger partial charge >= 0.3 is 5.97 Å². The van der Waals surface area contributed by atoms with Crippen molar-refractivity contribution in [2.75, 3.05) is 30.0 Å². The van der Waals surface area contributed by atoms with Gasteiger partial charge in [0.15, 0.2) is 0 Å². The van der Waals surface area contributed by atoms with Crippen LogP contribution in [0.5, 0.6) is 0 Å². The molecule has 1 heterocycles. The number of halogens is 1. The van der Waals surface area contributed by atoms with E-state index in [1.165, 1.54) is 17.9 Å². The van der Waals surface area contributed by atoms with E-state index in [0.717, 1.165) is 22.6 Å². The summed E-state index contributed by atoms with van der Waals surface area (Å²) < 4.78 is 5.89. The summed E-state index contributed by atoms with van der Waals surface area (Å²) in [5, 5.41) is 3.44. The number of carbonyl (C=O) groups excluding carboxylic acids is 1. The summed E-state index contributed by atoms with van der Waals surface area (Å²) in [6.07, 6.45) is 1.29. The molecular weight excluding hydrogens is 326 g/mol. The van der Waals surface area contributed by atoms with Crippen LogP contribution in [0, 0.1) is 5.92 Å². The van der Waals surface area contributed by atoms with E-state index in [9.17, 15) is 4.79 Å². The first-order valence-corrected chi connectivity index (χ1v) is 8.43. The molecule has 1 aliphatic rings. The fourth-order valence-electron chi connectivity index (χ4n) is 2.00. The predicted octanol–water partition coefficient (Wildman–Crippen LogP) is 3.79. The van der Waals surface area contributed by atoms with Gasteiger partial charge in [-0.15, -0.1) is 0 Å². The van der Waals surface area contributed by atoms with Gasteiger partial charge in [0.2, 0.25) is 0 Å². The average Bonchev–Trinajstić information content (AvgIpc) is 2.90. The van der Waals surface area contributed by atoms with Crippen LogP contribution in [0.4, 0.5) is 5.69 Å². The lowest BCUT2D eigenvalue weighted by Crippen LogP contribution is -2.14. The van der Waals surface area contributed by atoms with Crippen molar-refractivity contribution in [1.29, 1.82) is 0 Å².